The van der Waals surface area contributed by atoms with Crippen LogP contribution in [0.25, 0.3) is 0 Å². The van der Waals surface area contributed by atoms with Gasteiger partial charge in [-0.3, -0.25) is 4.79 Å². The maximum Gasteiger partial charge on any atom is 0.241 e. The predicted octanol–water partition coefficient (Wildman–Crippen LogP) is 1.38. The maximum absolute atomic E-state index is 12.3. The highest BCUT2D eigenvalue weighted by Gasteiger charge is 2.31. The summed E-state index contributed by atoms with van der Waals surface area (Å²) in [7, 11) is -3.75. The van der Waals surface area contributed by atoms with Gasteiger partial charge in [0.15, 0.2) is 0 Å². The van der Waals surface area contributed by atoms with Gasteiger partial charge in [-0.05, 0) is 37.6 Å². The first-order valence-electron chi connectivity index (χ1n) is 6.32. The van der Waals surface area contributed by atoms with E-state index in [0.29, 0.717) is 12.1 Å². The molecule has 0 radical (unpaired) electrons. The summed E-state index contributed by atoms with van der Waals surface area (Å²) in [6.45, 7) is 4.81. The second-order valence-electron chi connectivity index (χ2n) is 4.86. The topological polar surface area (TPSA) is 101 Å². The summed E-state index contributed by atoms with van der Waals surface area (Å²) >= 11 is 4.92. The summed E-state index contributed by atoms with van der Waals surface area (Å²) in [5.41, 5.74) is 5.14. The average Bonchev–Trinajstić information content (AvgIpc) is 2.37. The number of benzene rings is 1. The lowest BCUT2D eigenvalue weighted by Gasteiger charge is -2.27. The van der Waals surface area contributed by atoms with Gasteiger partial charge in [-0.15, -0.1) is 0 Å². The molecular weight excluding hydrogens is 310 g/mol. The van der Waals surface area contributed by atoms with E-state index in [2.05, 4.69) is 10.0 Å². The van der Waals surface area contributed by atoms with Crippen LogP contribution < -0.4 is 15.8 Å². The summed E-state index contributed by atoms with van der Waals surface area (Å²) in [5.74, 6) is -0.226. The number of hydrogen-bond acceptors (Lipinski definition) is 4. The summed E-state index contributed by atoms with van der Waals surface area (Å²) in [6.07, 6.45) is 0.436. The number of carbonyl (C=O) groups excluding carboxylic acids is 1. The van der Waals surface area contributed by atoms with E-state index in [1.165, 1.54) is 31.2 Å². The first-order valence-corrected chi connectivity index (χ1v) is 8.21. The van der Waals surface area contributed by atoms with E-state index in [0.717, 1.165) is 0 Å². The molecule has 1 aromatic carbocycles. The normalized spacial score (nSPS) is 14.2. The Hall–Kier alpha value is -1.51. The van der Waals surface area contributed by atoms with Gasteiger partial charge >= 0.3 is 0 Å². The van der Waals surface area contributed by atoms with Gasteiger partial charge < -0.3 is 11.1 Å². The van der Waals surface area contributed by atoms with Gasteiger partial charge in [-0.2, -0.15) is 4.72 Å². The van der Waals surface area contributed by atoms with Crippen molar-refractivity contribution in [3.05, 3.63) is 24.3 Å². The zero-order chi connectivity index (χ0) is 16.3. The maximum atomic E-state index is 12.3. The van der Waals surface area contributed by atoms with Crippen LogP contribution >= 0.6 is 12.2 Å². The summed E-state index contributed by atoms with van der Waals surface area (Å²) in [5, 5.41) is 2.57. The Morgan fingerprint density at radius 3 is 2.24 bits per heavy atom. The highest BCUT2D eigenvalue weighted by Crippen LogP contribution is 2.18. The molecule has 0 saturated carbocycles. The third-order valence-electron chi connectivity index (χ3n) is 3.10. The smallest absolute Gasteiger partial charge is 0.241 e. The molecule has 0 saturated heterocycles. The lowest BCUT2D eigenvalue weighted by atomic mass is 10.0. The molecule has 1 unspecified atom stereocenters. The summed E-state index contributed by atoms with van der Waals surface area (Å²) < 4.78 is 27.2. The molecule has 8 heteroatoms. The van der Waals surface area contributed by atoms with Crippen molar-refractivity contribution in [1.29, 1.82) is 0 Å². The Kier molecular flexibility index (Phi) is 5.43. The Bertz CT molecular complexity index is 641. The van der Waals surface area contributed by atoms with Crippen LogP contribution in [0, 0.1) is 0 Å². The number of hydrogen-bond donors (Lipinski definition) is 3. The van der Waals surface area contributed by atoms with Crippen LogP contribution in [-0.2, 0) is 14.8 Å². The molecular formula is C13H19N3O3S2. The van der Waals surface area contributed by atoms with Crippen molar-refractivity contribution in [2.45, 2.75) is 37.6 Å². The van der Waals surface area contributed by atoms with Crippen LogP contribution in [0.5, 0.6) is 0 Å². The molecule has 0 bridgehead atoms. The van der Waals surface area contributed by atoms with Crippen LogP contribution in [0.2, 0.25) is 0 Å². The number of nitrogens with two attached hydrogens (primary N) is 1. The Labute approximate surface area is 130 Å². The van der Waals surface area contributed by atoms with Crippen molar-refractivity contribution in [1.82, 2.24) is 4.72 Å². The highest BCUT2D eigenvalue weighted by atomic mass is 32.2. The van der Waals surface area contributed by atoms with Crippen molar-refractivity contribution in [3.63, 3.8) is 0 Å². The predicted molar refractivity (Wildman–Crippen MR) is 86.5 cm³/mol. The average molecular weight is 329 g/mol. The molecule has 0 aromatic heterocycles. The van der Waals surface area contributed by atoms with Gasteiger partial charge in [0.25, 0.3) is 0 Å². The first kappa shape index (κ1) is 17.5. The number of thiocarbonyl (C=S) groups is 1. The Morgan fingerprint density at radius 1 is 1.33 bits per heavy atom. The van der Waals surface area contributed by atoms with E-state index in [4.69, 9.17) is 18.0 Å². The minimum atomic E-state index is -3.75. The first-order chi connectivity index (χ1) is 9.60. The molecule has 1 amide bonds. The zero-order valence-electron chi connectivity index (χ0n) is 12.1. The molecule has 21 heavy (non-hydrogen) atoms. The van der Waals surface area contributed by atoms with Gasteiger partial charge in [0.1, 0.15) is 0 Å². The molecule has 0 aliphatic rings. The standard InChI is InChI=1S/C13H19N3O3S2/c1-4-13(3,12(14)20)16-21(18,19)11-7-5-10(6-8-11)15-9(2)17/h5-8,16H,4H2,1-3H3,(H2,14,20)(H,15,17). The summed E-state index contributed by atoms with van der Waals surface area (Å²) in [6, 6.07) is 5.84. The molecule has 0 aliphatic carbocycles. The van der Waals surface area contributed by atoms with Crippen LogP contribution in [0.15, 0.2) is 29.2 Å². The second kappa shape index (κ2) is 6.50. The van der Waals surface area contributed by atoms with Crippen LogP contribution in [-0.4, -0.2) is 24.9 Å². The number of amides is 1. The van der Waals surface area contributed by atoms with Crippen LogP contribution in [0.3, 0.4) is 0 Å². The lowest BCUT2D eigenvalue weighted by Crippen LogP contribution is -2.53. The second-order valence-corrected chi connectivity index (χ2v) is 6.98. The van der Waals surface area contributed by atoms with E-state index < -0.39 is 15.6 Å². The van der Waals surface area contributed by atoms with E-state index in [-0.39, 0.29) is 15.8 Å². The third kappa shape index (κ3) is 4.48. The summed E-state index contributed by atoms with van der Waals surface area (Å²) in [4.78, 5) is 11.1. The van der Waals surface area contributed by atoms with Crippen LogP contribution in [0.1, 0.15) is 27.2 Å². The third-order valence-corrected chi connectivity index (χ3v) is 5.16. The molecule has 1 atom stereocenters. The van der Waals surface area contributed by atoms with Gasteiger partial charge in [-0.25, -0.2) is 8.42 Å². The van der Waals surface area contributed by atoms with E-state index in [1.54, 1.807) is 13.8 Å². The number of rotatable bonds is 6. The zero-order valence-corrected chi connectivity index (χ0v) is 13.8. The Morgan fingerprint density at radius 2 is 1.86 bits per heavy atom. The van der Waals surface area contributed by atoms with Crippen molar-refractivity contribution < 1.29 is 13.2 Å². The van der Waals surface area contributed by atoms with Crippen LogP contribution in [0.4, 0.5) is 5.69 Å². The molecule has 1 rings (SSSR count). The number of nitrogens with one attached hydrogen (secondary N) is 2. The fourth-order valence-corrected chi connectivity index (χ4v) is 3.29. The lowest BCUT2D eigenvalue weighted by molar-refractivity contribution is -0.114. The highest BCUT2D eigenvalue weighted by molar-refractivity contribution is 7.89. The minimum Gasteiger partial charge on any atom is -0.392 e. The molecule has 1 aromatic rings. The molecule has 6 nitrogen and oxygen atoms in total. The minimum absolute atomic E-state index is 0.0764. The molecule has 4 N–H and O–H groups in total. The molecule has 0 spiro atoms. The number of carbonyl (C=O) groups is 1. The Balaban J connectivity index is 3.03. The van der Waals surface area contributed by atoms with Gasteiger partial charge in [0.2, 0.25) is 15.9 Å². The molecule has 0 aliphatic heterocycles. The van der Waals surface area contributed by atoms with E-state index >= 15 is 0 Å². The SMILES string of the molecule is CCC(C)(NS(=O)(=O)c1ccc(NC(C)=O)cc1)C(N)=S. The van der Waals surface area contributed by atoms with E-state index in [1.807, 2.05) is 0 Å². The fourth-order valence-electron chi connectivity index (χ4n) is 1.57. The van der Waals surface area contributed by atoms with Crippen molar-refractivity contribution in [2.75, 3.05) is 5.32 Å². The molecule has 0 heterocycles. The van der Waals surface area contributed by atoms with Crippen molar-refractivity contribution in [3.8, 4) is 0 Å². The molecule has 0 fully saturated rings. The van der Waals surface area contributed by atoms with Crippen molar-refractivity contribution in [2.24, 2.45) is 5.73 Å². The monoisotopic (exact) mass is 329 g/mol. The van der Waals surface area contributed by atoms with Gasteiger partial charge in [-0.1, -0.05) is 19.1 Å². The fraction of sp³-hybridized carbons (Fsp3) is 0.385. The number of sulfonamides is 1. The largest absolute Gasteiger partial charge is 0.392 e. The van der Waals surface area contributed by atoms with Crippen molar-refractivity contribution >= 4 is 38.8 Å². The van der Waals surface area contributed by atoms with Gasteiger partial charge in [0, 0.05) is 12.6 Å². The molecule has 116 valence electrons. The quantitative estimate of drug-likeness (QED) is 0.684. The van der Waals surface area contributed by atoms with Gasteiger partial charge in [0.05, 0.1) is 15.4 Å². The van der Waals surface area contributed by atoms with E-state index in [9.17, 15) is 13.2 Å². The number of anilines is 1.